The zero-order valence-corrected chi connectivity index (χ0v) is 13.3. The summed E-state index contributed by atoms with van der Waals surface area (Å²) in [5.74, 6) is -0.552. The summed E-state index contributed by atoms with van der Waals surface area (Å²) < 4.78 is 21.5. The van der Waals surface area contributed by atoms with E-state index in [4.69, 9.17) is 7.48 Å². The van der Waals surface area contributed by atoms with Gasteiger partial charge in [-0.05, 0) is 61.8 Å². The number of aliphatic carboxylic acids is 1. The number of ether oxygens (including phenoxy) is 1. The summed E-state index contributed by atoms with van der Waals surface area (Å²) in [7, 11) is 0. The first-order chi connectivity index (χ1) is 11.3. The van der Waals surface area contributed by atoms with Gasteiger partial charge in [0.25, 0.3) is 0 Å². The Morgan fingerprint density at radius 1 is 1.55 bits per heavy atom. The van der Waals surface area contributed by atoms with Crippen LogP contribution in [-0.2, 0) is 11.2 Å². The molecule has 2 N–H and O–H groups in total. The maximum atomic E-state index is 11.6. The van der Waals surface area contributed by atoms with Gasteiger partial charge in [0.2, 0.25) is 0 Å². The Morgan fingerprint density at radius 3 is 3.00 bits per heavy atom. The van der Waals surface area contributed by atoms with Crippen LogP contribution in [-0.4, -0.2) is 30.8 Å². The first-order valence-corrected chi connectivity index (χ1v) is 7.95. The van der Waals surface area contributed by atoms with E-state index in [1.54, 1.807) is 6.07 Å². The van der Waals surface area contributed by atoms with Crippen LogP contribution < -0.4 is 10.1 Å². The second-order valence-corrected chi connectivity index (χ2v) is 6.20. The minimum absolute atomic E-state index is 0.0109. The first kappa shape index (κ1) is 14.1. The van der Waals surface area contributed by atoms with E-state index in [2.05, 4.69) is 5.32 Å². The molecule has 1 aliphatic rings. The topological polar surface area (TPSA) is 58.6 Å². The van der Waals surface area contributed by atoms with Crippen molar-refractivity contribution in [3.05, 3.63) is 29.8 Å². The van der Waals surface area contributed by atoms with Crippen molar-refractivity contribution in [1.29, 1.82) is 0 Å². The molecule has 0 amide bonds. The van der Waals surface area contributed by atoms with Gasteiger partial charge >= 0.3 is 5.97 Å². The van der Waals surface area contributed by atoms with E-state index in [-0.39, 0.29) is 18.4 Å². The van der Waals surface area contributed by atoms with E-state index in [0.29, 0.717) is 12.2 Å². The standard InChI is InChI=1S/C18H27NO3/c1-13(2)7-9-22-16-5-3-4-14(10-16)11-17(18(20)21)15-6-8-19-12-15/h3-5,10,13,15,17,19H,6-9,11-12H2,1-2H3,(H,20,21)/t15-,17-/m0/s1/i7D2. The zero-order chi connectivity index (χ0) is 17.7. The third-order valence-electron chi connectivity index (χ3n) is 4.07. The van der Waals surface area contributed by atoms with Crippen molar-refractivity contribution >= 4 is 5.97 Å². The molecule has 0 spiro atoms. The van der Waals surface area contributed by atoms with Crippen LogP contribution in [0.15, 0.2) is 24.3 Å². The summed E-state index contributed by atoms with van der Waals surface area (Å²) >= 11 is 0. The van der Waals surface area contributed by atoms with E-state index in [1.165, 1.54) is 0 Å². The third-order valence-corrected chi connectivity index (χ3v) is 4.07. The molecule has 122 valence electrons. The number of carboxylic acid groups (broad SMARTS) is 1. The van der Waals surface area contributed by atoms with E-state index >= 15 is 0 Å². The summed E-state index contributed by atoms with van der Waals surface area (Å²) in [5, 5.41) is 12.7. The molecule has 1 aliphatic heterocycles. The van der Waals surface area contributed by atoms with Gasteiger partial charge in [-0.25, -0.2) is 0 Å². The van der Waals surface area contributed by atoms with Crippen molar-refractivity contribution in [2.75, 3.05) is 19.7 Å². The second kappa shape index (κ2) is 8.18. The number of carboxylic acids is 1. The van der Waals surface area contributed by atoms with Crippen molar-refractivity contribution in [3.63, 3.8) is 0 Å². The fourth-order valence-electron chi connectivity index (χ4n) is 2.78. The van der Waals surface area contributed by atoms with Gasteiger partial charge in [-0.3, -0.25) is 4.79 Å². The molecule has 1 aromatic carbocycles. The van der Waals surface area contributed by atoms with Crippen molar-refractivity contribution in [2.45, 2.75) is 33.1 Å². The Balaban J connectivity index is 2.02. The Hall–Kier alpha value is -1.55. The smallest absolute Gasteiger partial charge is 0.307 e. The average molecular weight is 307 g/mol. The number of rotatable bonds is 8. The molecule has 2 atom stereocenters. The second-order valence-electron chi connectivity index (χ2n) is 6.20. The number of hydrogen-bond acceptors (Lipinski definition) is 3. The summed E-state index contributed by atoms with van der Waals surface area (Å²) in [6, 6.07) is 7.35. The van der Waals surface area contributed by atoms with Crippen molar-refractivity contribution in [1.82, 2.24) is 5.32 Å². The molecule has 1 aromatic rings. The highest BCUT2D eigenvalue weighted by Gasteiger charge is 2.30. The number of benzene rings is 1. The fraction of sp³-hybridized carbons (Fsp3) is 0.611. The Bertz CT molecular complexity index is 557. The largest absolute Gasteiger partial charge is 0.494 e. The van der Waals surface area contributed by atoms with Crippen LogP contribution in [0.5, 0.6) is 5.75 Å². The number of nitrogens with one attached hydrogen (secondary N) is 1. The van der Waals surface area contributed by atoms with Crippen LogP contribution in [0.4, 0.5) is 0 Å². The van der Waals surface area contributed by atoms with E-state index in [9.17, 15) is 9.90 Å². The molecular weight excluding hydrogens is 278 g/mol. The molecular formula is C18H27NO3. The van der Waals surface area contributed by atoms with E-state index in [0.717, 1.165) is 25.1 Å². The summed E-state index contributed by atoms with van der Waals surface area (Å²) in [6.45, 7) is 5.27. The fourth-order valence-corrected chi connectivity index (χ4v) is 2.78. The summed E-state index contributed by atoms with van der Waals surface area (Å²) in [4.78, 5) is 11.6. The van der Waals surface area contributed by atoms with Gasteiger partial charge in [-0.15, -0.1) is 0 Å². The van der Waals surface area contributed by atoms with Gasteiger partial charge in [0.1, 0.15) is 5.75 Å². The van der Waals surface area contributed by atoms with Gasteiger partial charge < -0.3 is 15.2 Å². The monoisotopic (exact) mass is 307 g/mol. The lowest BCUT2D eigenvalue weighted by molar-refractivity contribution is -0.143. The van der Waals surface area contributed by atoms with Crippen molar-refractivity contribution < 1.29 is 17.4 Å². The van der Waals surface area contributed by atoms with Crippen LogP contribution in [0.3, 0.4) is 0 Å². The van der Waals surface area contributed by atoms with Crippen LogP contribution in [0.25, 0.3) is 0 Å². The summed E-state index contributed by atoms with van der Waals surface area (Å²) in [6.07, 6.45) is -0.0349. The lowest BCUT2D eigenvalue weighted by atomic mass is 9.86. The SMILES string of the molecule is [2H]C([2H])(COc1cccc(C[C@H](C(=O)O)[C@H]2CCNC2)c1)C(C)C. The van der Waals surface area contributed by atoms with Crippen LogP contribution in [0.1, 0.15) is 34.9 Å². The Labute approximate surface area is 135 Å². The quantitative estimate of drug-likeness (QED) is 0.775. The van der Waals surface area contributed by atoms with Crippen LogP contribution in [0.2, 0.25) is 0 Å². The maximum Gasteiger partial charge on any atom is 0.307 e. The Kier molecular flexibility index (Phi) is 5.23. The minimum atomic E-state index is -1.39. The number of hydrogen-bond donors (Lipinski definition) is 2. The van der Waals surface area contributed by atoms with Gasteiger partial charge in [-0.1, -0.05) is 26.0 Å². The zero-order valence-electron chi connectivity index (χ0n) is 15.3. The molecule has 0 unspecified atom stereocenters. The highest BCUT2D eigenvalue weighted by Crippen LogP contribution is 2.25. The van der Waals surface area contributed by atoms with Crippen molar-refractivity contribution in [3.8, 4) is 5.75 Å². The van der Waals surface area contributed by atoms with Gasteiger partial charge in [0, 0.05) is 2.74 Å². The van der Waals surface area contributed by atoms with Crippen LogP contribution in [0, 0.1) is 17.8 Å². The lowest BCUT2D eigenvalue weighted by Gasteiger charge is -2.19. The summed E-state index contributed by atoms with van der Waals surface area (Å²) in [5.41, 5.74) is 0.914. The predicted molar refractivity (Wildman–Crippen MR) is 87.2 cm³/mol. The minimum Gasteiger partial charge on any atom is -0.494 e. The van der Waals surface area contributed by atoms with Crippen LogP contribution >= 0.6 is 0 Å². The van der Waals surface area contributed by atoms with E-state index < -0.39 is 18.3 Å². The first-order valence-electron chi connectivity index (χ1n) is 8.95. The van der Waals surface area contributed by atoms with Gasteiger partial charge in [0.15, 0.2) is 0 Å². The molecule has 0 saturated carbocycles. The molecule has 22 heavy (non-hydrogen) atoms. The Morgan fingerprint density at radius 2 is 2.36 bits per heavy atom. The molecule has 1 fully saturated rings. The molecule has 0 bridgehead atoms. The average Bonchev–Trinajstić information content (AvgIpc) is 3.05. The molecule has 1 heterocycles. The predicted octanol–water partition coefficient (Wildman–Crippen LogP) is 2.96. The van der Waals surface area contributed by atoms with Gasteiger partial charge in [-0.2, -0.15) is 0 Å². The maximum absolute atomic E-state index is 11.6. The molecule has 4 nitrogen and oxygen atoms in total. The highest BCUT2D eigenvalue weighted by molar-refractivity contribution is 5.71. The molecule has 0 radical (unpaired) electrons. The molecule has 2 rings (SSSR count). The molecule has 4 heteroatoms. The van der Waals surface area contributed by atoms with E-state index in [1.807, 2.05) is 32.0 Å². The molecule has 1 saturated heterocycles. The normalized spacial score (nSPS) is 21.3. The van der Waals surface area contributed by atoms with Gasteiger partial charge in [0.05, 0.1) is 12.5 Å². The number of carbonyl (C=O) groups is 1. The highest BCUT2D eigenvalue weighted by atomic mass is 16.5. The molecule has 0 aliphatic carbocycles. The lowest BCUT2D eigenvalue weighted by Crippen LogP contribution is -2.27. The molecule has 0 aromatic heterocycles. The third kappa shape index (κ3) is 5.02. The van der Waals surface area contributed by atoms with Crippen molar-refractivity contribution in [2.24, 2.45) is 17.8 Å².